The van der Waals surface area contributed by atoms with Crippen LogP contribution in [0.15, 0.2) is 18.2 Å². The molecule has 1 aromatic carbocycles. The fourth-order valence-electron chi connectivity index (χ4n) is 2.60. The first-order chi connectivity index (χ1) is 11.7. The van der Waals surface area contributed by atoms with Gasteiger partial charge in [0.1, 0.15) is 18.1 Å². The average Bonchev–Trinajstić information content (AvgIpc) is 2.45. The molecular weight excluding hydrogens is 356 g/mol. The van der Waals surface area contributed by atoms with E-state index in [1.54, 1.807) is 0 Å². The molecule has 0 saturated carbocycles. The van der Waals surface area contributed by atoms with Crippen molar-refractivity contribution in [2.24, 2.45) is 0 Å². The van der Waals surface area contributed by atoms with E-state index in [1.807, 2.05) is 0 Å². The molecule has 0 saturated heterocycles. The highest BCUT2D eigenvalue weighted by Gasteiger charge is 2.39. The molecule has 0 aliphatic carbocycles. The predicted molar refractivity (Wildman–Crippen MR) is 116 cm³/mol. The molecule has 0 N–H and O–H groups in total. The summed E-state index contributed by atoms with van der Waals surface area (Å²) in [6.45, 7) is 21.9. The Bertz CT molecular complexity index is 611. The number of hydrogen-bond acceptors (Lipinski definition) is 3. The molecule has 5 heteroatoms. The Balaban J connectivity index is 3.23. The van der Waals surface area contributed by atoms with E-state index in [2.05, 4.69) is 85.9 Å². The molecule has 1 unspecified atom stereocenters. The Morgan fingerprint density at radius 3 is 2.12 bits per heavy atom. The summed E-state index contributed by atoms with van der Waals surface area (Å²) in [5, 5.41) is 0.0751. The molecule has 0 amide bonds. The monoisotopic (exact) mass is 394 g/mol. The van der Waals surface area contributed by atoms with Gasteiger partial charge in [-0.15, -0.1) is 0 Å². The lowest BCUT2D eigenvalue weighted by Gasteiger charge is -2.38. The van der Waals surface area contributed by atoms with Crippen molar-refractivity contribution < 1.29 is 13.6 Å². The molecule has 1 aromatic rings. The van der Waals surface area contributed by atoms with Crippen LogP contribution in [-0.4, -0.2) is 29.7 Å². The Morgan fingerprint density at radius 1 is 1.12 bits per heavy atom. The normalized spacial score (nSPS) is 14.4. The molecule has 0 bridgehead atoms. The van der Waals surface area contributed by atoms with Crippen LogP contribution in [0.1, 0.15) is 52.7 Å². The van der Waals surface area contributed by atoms with Crippen molar-refractivity contribution in [3.05, 3.63) is 29.3 Å². The average molecular weight is 395 g/mol. The van der Waals surface area contributed by atoms with Gasteiger partial charge in [-0.05, 0) is 47.8 Å². The number of para-hydroxylation sites is 1. The molecule has 0 aliphatic heterocycles. The van der Waals surface area contributed by atoms with Crippen molar-refractivity contribution in [2.75, 3.05) is 0 Å². The number of benzene rings is 1. The summed E-state index contributed by atoms with van der Waals surface area (Å²) in [6.07, 6.45) is 1.10. The van der Waals surface area contributed by atoms with Crippen molar-refractivity contribution in [1.82, 2.24) is 0 Å². The van der Waals surface area contributed by atoms with Crippen molar-refractivity contribution in [3.8, 4) is 5.75 Å². The minimum absolute atomic E-state index is 0.00834. The topological polar surface area (TPSA) is 35.5 Å². The van der Waals surface area contributed by atoms with E-state index in [-0.39, 0.29) is 10.5 Å². The van der Waals surface area contributed by atoms with E-state index in [0.717, 1.165) is 17.6 Å². The fraction of sp³-hybridized carbons (Fsp3) is 0.667. The third-order valence-corrected chi connectivity index (χ3v) is 10.3. The first-order valence-electron chi connectivity index (χ1n) is 9.61. The zero-order valence-corrected chi connectivity index (χ0v) is 20.6. The van der Waals surface area contributed by atoms with Crippen molar-refractivity contribution in [2.45, 2.75) is 90.7 Å². The number of hydrogen-bond donors (Lipinski definition) is 0. The molecule has 3 nitrogen and oxygen atoms in total. The maximum atomic E-state index is 11.8. The Hall–Kier alpha value is -0.916. The van der Waals surface area contributed by atoms with E-state index in [9.17, 15) is 4.79 Å². The zero-order valence-electron chi connectivity index (χ0n) is 18.4. The summed E-state index contributed by atoms with van der Waals surface area (Å²) in [5.41, 5.74) is 2.27. The quantitative estimate of drug-likeness (QED) is 0.454. The molecule has 1 rings (SSSR count). The van der Waals surface area contributed by atoms with Crippen LogP contribution in [0.3, 0.4) is 0 Å². The first kappa shape index (κ1) is 23.1. The highest BCUT2D eigenvalue weighted by atomic mass is 28.4. The second-order valence-corrected chi connectivity index (χ2v) is 17.1. The summed E-state index contributed by atoms with van der Waals surface area (Å²) in [5.74, 6) is 0.965. The van der Waals surface area contributed by atoms with Crippen LogP contribution in [0.4, 0.5) is 0 Å². The van der Waals surface area contributed by atoms with E-state index >= 15 is 0 Å². The molecule has 0 aromatic heterocycles. The highest BCUT2D eigenvalue weighted by Crippen LogP contribution is 2.39. The Labute approximate surface area is 163 Å². The summed E-state index contributed by atoms with van der Waals surface area (Å²) in [6, 6.07) is 6.28. The fourth-order valence-corrected chi connectivity index (χ4v) is 4.60. The highest BCUT2D eigenvalue weighted by molar-refractivity contribution is 6.74. The minimum Gasteiger partial charge on any atom is -0.547 e. The second kappa shape index (κ2) is 8.40. The van der Waals surface area contributed by atoms with Gasteiger partial charge in [-0.3, -0.25) is 0 Å². The number of carbonyl (C=O) groups excluding carboxylic acids is 1. The van der Waals surface area contributed by atoms with Crippen molar-refractivity contribution in [1.29, 1.82) is 0 Å². The number of rotatable bonds is 7. The lowest BCUT2D eigenvalue weighted by atomic mass is 9.84. The molecule has 1 atom stereocenters. The van der Waals surface area contributed by atoms with Gasteiger partial charge in [0.15, 0.2) is 8.32 Å². The molecule has 0 radical (unpaired) electrons. The Kier molecular flexibility index (Phi) is 7.47. The van der Waals surface area contributed by atoms with E-state index in [1.165, 1.54) is 5.56 Å². The van der Waals surface area contributed by atoms with Crippen LogP contribution in [0.2, 0.25) is 31.2 Å². The molecule has 0 spiro atoms. The van der Waals surface area contributed by atoms with Crippen LogP contribution >= 0.6 is 0 Å². The predicted octanol–water partition coefficient (Wildman–Crippen LogP) is 5.48. The molecule has 0 heterocycles. The lowest BCUT2D eigenvalue weighted by Crippen LogP contribution is -2.45. The molecule has 26 heavy (non-hydrogen) atoms. The van der Waals surface area contributed by atoms with E-state index < -0.39 is 23.5 Å². The second-order valence-electron chi connectivity index (χ2n) is 9.97. The largest absolute Gasteiger partial charge is 0.547 e. The summed E-state index contributed by atoms with van der Waals surface area (Å²) < 4.78 is 12.7. The third kappa shape index (κ3) is 6.06. The van der Waals surface area contributed by atoms with Gasteiger partial charge < -0.3 is 13.6 Å². The zero-order chi connectivity index (χ0) is 20.3. The van der Waals surface area contributed by atoms with Gasteiger partial charge in [0, 0.05) is 6.42 Å². The van der Waals surface area contributed by atoms with Gasteiger partial charge in [-0.25, -0.2) is 0 Å². The summed E-state index contributed by atoms with van der Waals surface area (Å²) in [7, 11) is -3.28. The van der Waals surface area contributed by atoms with Crippen LogP contribution in [0, 0.1) is 0 Å². The van der Waals surface area contributed by atoms with Crippen LogP contribution in [-0.2, 0) is 21.1 Å². The number of aldehydes is 1. The third-order valence-electron chi connectivity index (χ3n) is 5.08. The SMILES string of the molecule is C[SiH](C)Oc1c(CC(C=O)O[Si](C)(C)C(C)(C)C)cccc1C(C)(C)C. The molecule has 148 valence electrons. The van der Waals surface area contributed by atoms with Crippen molar-refractivity contribution >= 4 is 23.6 Å². The van der Waals surface area contributed by atoms with E-state index in [0.29, 0.717) is 6.42 Å². The molecule has 0 fully saturated rings. The van der Waals surface area contributed by atoms with Gasteiger partial charge in [0.2, 0.25) is 9.04 Å². The van der Waals surface area contributed by atoms with Gasteiger partial charge in [-0.1, -0.05) is 59.7 Å². The standard InChI is InChI=1S/C21H38O3Si2/c1-20(2,3)18-13-11-12-16(19(18)23-25(7)8)14-17(15-22)24-26(9,10)21(4,5)6/h11-13,15,17,25H,14H2,1-10H3. The summed E-state index contributed by atoms with van der Waals surface area (Å²) >= 11 is 0. The lowest BCUT2D eigenvalue weighted by molar-refractivity contribution is -0.114. The Morgan fingerprint density at radius 2 is 1.69 bits per heavy atom. The van der Waals surface area contributed by atoms with Gasteiger partial charge >= 0.3 is 0 Å². The summed E-state index contributed by atoms with van der Waals surface area (Å²) in [4.78, 5) is 11.8. The molecule has 0 aliphatic rings. The van der Waals surface area contributed by atoms with Crippen LogP contribution in [0.5, 0.6) is 5.75 Å². The smallest absolute Gasteiger partial charge is 0.229 e. The van der Waals surface area contributed by atoms with Gasteiger partial charge in [0.25, 0.3) is 0 Å². The molecular formula is C21H38O3Si2. The maximum Gasteiger partial charge on any atom is 0.229 e. The number of carbonyl (C=O) groups is 1. The van der Waals surface area contributed by atoms with Gasteiger partial charge in [-0.2, -0.15) is 0 Å². The van der Waals surface area contributed by atoms with Gasteiger partial charge in [0.05, 0.1) is 0 Å². The maximum absolute atomic E-state index is 11.8. The van der Waals surface area contributed by atoms with Crippen LogP contribution in [0.25, 0.3) is 0 Å². The van der Waals surface area contributed by atoms with E-state index in [4.69, 9.17) is 8.85 Å². The first-order valence-corrected chi connectivity index (χ1v) is 15.3. The van der Waals surface area contributed by atoms with Crippen molar-refractivity contribution in [3.63, 3.8) is 0 Å². The minimum atomic E-state index is -2.01. The van der Waals surface area contributed by atoms with Crippen LogP contribution < -0.4 is 4.43 Å².